The molecular weight excluding hydrogens is 240 g/mol. The highest BCUT2D eigenvalue weighted by Gasteiger charge is 2.10. The molecule has 4 nitrogen and oxygen atoms in total. The highest BCUT2D eigenvalue weighted by Crippen LogP contribution is 2.06. The summed E-state index contributed by atoms with van der Waals surface area (Å²) >= 11 is 0. The standard InChI is InChI=1S/C15H32N2O2/c1-4-5-6-7-8-9-10-11-16-14(2)15(18)17-12-13-19-3/h14,16H,4-13H2,1-3H3,(H,17,18). The van der Waals surface area contributed by atoms with Crippen LogP contribution in [0, 0.1) is 0 Å². The Bertz CT molecular complexity index is 210. The van der Waals surface area contributed by atoms with Gasteiger partial charge in [0.05, 0.1) is 12.6 Å². The molecule has 1 amide bonds. The third-order valence-corrected chi connectivity index (χ3v) is 3.23. The minimum atomic E-state index is -0.114. The number of hydrogen-bond acceptors (Lipinski definition) is 3. The van der Waals surface area contributed by atoms with E-state index in [1.165, 1.54) is 38.5 Å². The number of nitrogens with one attached hydrogen (secondary N) is 2. The van der Waals surface area contributed by atoms with Crippen molar-refractivity contribution in [2.45, 2.75) is 64.8 Å². The number of methoxy groups -OCH3 is 1. The fourth-order valence-electron chi connectivity index (χ4n) is 1.92. The summed E-state index contributed by atoms with van der Waals surface area (Å²) in [5.74, 6) is 0.0556. The molecular formula is C15H32N2O2. The second kappa shape index (κ2) is 13.8. The van der Waals surface area contributed by atoms with Crippen LogP contribution in [0.15, 0.2) is 0 Å². The zero-order valence-corrected chi connectivity index (χ0v) is 13.0. The summed E-state index contributed by atoms with van der Waals surface area (Å²) in [6.45, 7) is 6.22. The molecule has 0 fully saturated rings. The van der Waals surface area contributed by atoms with Gasteiger partial charge in [-0.2, -0.15) is 0 Å². The number of ether oxygens (including phenoxy) is 1. The maximum atomic E-state index is 11.6. The molecule has 0 aliphatic rings. The Hall–Kier alpha value is -0.610. The smallest absolute Gasteiger partial charge is 0.236 e. The largest absolute Gasteiger partial charge is 0.383 e. The van der Waals surface area contributed by atoms with Crippen LogP contribution in [-0.2, 0) is 9.53 Å². The van der Waals surface area contributed by atoms with Gasteiger partial charge in [-0.25, -0.2) is 0 Å². The summed E-state index contributed by atoms with van der Waals surface area (Å²) in [6.07, 6.45) is 9.10. The second-order valence-corrected chi connectivity index (χ2v) is 5.08. The monoisotopic (exact) mass is 272 g/mol. The number of unbranched alkanes of at least 4 members (excludes halogenated alkanes) is 6. The van der Waals surface area contributed by atoms with Gasteiger partial charge < -0.3 is 15.4 Å². The summed E-state index contributed by atoms with van der Waals surface area (Å²) in [5, 5.41) is 6.09. The van der Waals surface area contributed by atoms with E-state index in [4.69, 9.17) is 4.74 Å². The molecule has 0 radical (unpaired) electrons. The highest BCUT2D eigenvalue weighted by atomic mass is 16.5. The molecule has 2 N–H and O–H groups in total. The van der Waals surface area contributed by atoms with E-state index in [0.717, 1.165) is 13.0 Å². The fraction of sp³-hybridized carbons (Fsp3) is 0.933. The first-order valence-corrected chi connectivity index (χ1v) is 7.72. The van der Waals surface area contributed by atoms with Gasteiger partial charge in [0, 0.05) is 13.7 Å². The summed E-state index contributed by atoms with van der Waals surface area (Å²) in [4.78, 5) is 11.6. The lowest BCUT2D eigenvalue weighted by atomic mass is 10.1. The molecule has 0 rings (SSSR count). The summed E-state index contributed by atoms with van der Waals surface area (Å²) < 4.78 is 4.89. The first kappa shape index (κ1) is 18.4. The normalized spacial score (nSPS) is 12.4. The van der Waals surface area contributed by atoms with Crippen molar-refractivity contribution in [2.75, 3.05) is 26.8 Å². The van der Waals surface area contributed by atoms with Gasteiger partial charge in [-0.15, -0.1) is 0 Å². The maximum absolute atomic E-state index is 11.6. The Balaban J connectivity index is 3.32. The van der Waals surface area contributed by atoms with Crippen molar-refractivity contribution in [1.82, 2.24) is 10.6 Å². The minimum Gasteiger partial charge on any atom is -0.383 e. The van der Waals surface area contributed by atoms with Gasteiger partial charge in [-0.05, 0) is 19.9 Å². The van der Waals surface area contributed by atoms with E-state index < -0.39 is 0 Å². The molecule has 114 valence electrons. The minimum absolute atomic E-state index is 0.0556. The Morgan fingerprint density at radius 3 is 2.32 bits per heavy atom. The van der Waals surface area contributed by atoms with Gasteiger partial charge in [0.25, 0.3) is 0 Å². The van der Waals surface area contributed by atoms with E-state index in [1.807, 2.05) is 6.92 Å². The molecule has 0 aromatic rings. The quantitative estimate of drug-likeness (QED) is 0.506. The molecule has 0 aliphatic heterocycles. The SMILES string of the molecule is CCCCCCCCCNC(C)C(=O)NCCOC. The van der Waals surface area contributed by atoms with E-state index in [9.17, 15) is 4.79 Å². The highest BCUT2D eigenvalue weighted by molar-refractivity contribution is 5.81. The van der Waals surface area contributed by atoms with Crippen molar-refractivity contribution in [3.63, 3.8) is 0 Å². The first-order chi connectivity index (χ1) is 9.22. The van der Waals surface area contributed by atoms with Crippen LogP contribution in [-0.4, -0.2) is 38.8 Å². The van der Waals surface area contributed by atoms with E-state index in [0.29, 0.717) is 13.2 Å². The maximum Gasteiger partial charge on any atom is 0.236 e. The fourth-order valence-corrected chi connectivity index (χ4v) is 1.92. The van der Waals surface area contributed by atoms with Crippen LogP contribution in [0.5, 0.6) is 0 Å². The lowest BCUT2D eigenvalue weighted by Crippen LogP contribution is -2.43. The molecule has 0 bridgehead atoms. The van der Waals surface area contributed by atoms with Crippen LogP contribution in [0.3, 0.4) is 0 Å². The predicted molar refractivity (Wildman–Crippen MR) is 80.3 cm³/mol. The summed E-state index contributed by atoms with van der Waals surface area (Å²) in [5.41, 5.74) is 0. The lowest BCUT2D eigenvalue weighted by Gasteiger charge is -2.13. The van der Waals surface area contributed by atoms with Crippen LogP contribution in [0.4, 0.5) is 0 Å². The van der Waals surface area contributed by atoms with Crippen molar-refractivity contribution in [3.05, 3.63) is 0 Å². The van der Waals surface area contributed by atoms with E-state index >= 15 is 0 Å². The number of carbonyl (C=O) groups excluding carboxylic acids is 1. The topological polar surface area (TPSA) is 50.4 Å². The van der Waals surface area contributed by atoms with Crippen LogP contribution in [0.25, 0.3) is 0 Å². The van der Waals surface area contributed by atoms with E-state index in [-0.39, 0.29) is 11.9 Å². The van der Waals surface area contributed by atoms with Crippen molar-refractivity contribution < 1.29 is 9.53 Å². The third-order valence-electron chi connectivity index (χ3n) is 3.23. The van der Waals surface area contributed by atoms with Crippen LogP contribution >= 0.6 is 0 Å². The van der Waals surface area contributed by atoms with E-state index in [2.05, 4.69) is 17.6 Å². The molecule has 4 heteroatoms. The van der Waals surface area contributed by atoms with Crippen molar-refractivity contribution in [1.29, 1.82) is 0 Å². The van der Waals surface area contributed by atoms with Gasteiger partial charge in [0.15, 0.2) is 0 Å². The first-order valence-electron chi connectivity index (χ1n) is 7.72. The van der Waals surface area contributed by atoms with Crippen LogP contribution < -0.4 is 10.6 Å². The Morgan fingerprint density at radius 1 is 1.05 bits per heavy atom. The average molecular weight is 272 g/mol. The average Bonchev–Trinajstić information content (AvgIpc) is 2.41. The Labute approximate surface area is 118 Å². The Morgan fingerprint density at radius 2 is 1.68 bits per heavy atom. The molecule has 0 spiro atoms. The zero-order valence-electron chi connectivity index (χ0n) is 13.0. The van der Waals surface area contributed by atoms with E-state index in [1.54, 1.807) is 7.11 Å². The molecule has 0 saturated heterocycles. The number of amides is 1. The van der Waals surface area contributed by atoms with Gasteiger partial charge in [0.1, 0.15) is 0 Å². The Kier molecular flexibility index (Phi) is 13.4. The molecule has 1 atom stereocenters. The molecule has 0 aromatic carbocycles. The van der Waals surface area contributed by atoms with Gasteiger partial charge in [-0.1, -0.05) is 45.4 Å². The number of hydrogen-bond donors (Lipinski definition) is 2. The van der Waals surface area contributed by atoms with Gasteiger partial charge in [0.2, 0.25) is 5.91 Å². The van der Waals surface area contributed by atoms with Crippen molar-refractivity contribution in [3.8, 4) is 0 Å². The third kappa shape index (κ3) is 12.2. The second-order valence-electron chi connectivity index (χ2n) is 5.08. The molecule has 0 heterocycles. The zero-order chi connectivity index (χ0) is 14.3. The van der Waals surface area contributed by atoms with Crippen LogP contribution in [0.2, 0.25) is 0 Å². The molecule has 19 heavy (non-hydrogen) atoms. The van der Waals surface area contributed by atoms with Crippen molar-refractivity contribution >= 4 is 5.91 Å². The molecule has 1 unspecified atom stereocenters. The number of rotatable bonds is 13. The summed E-state index contributed by atoms with van der Waals surface area (Å²) in [6, 6.07) is -0.114. The van der Waals surface area contributed by atoms with Gasteiger partial charge >= 0.3 is 0 Å². The number of carbonyl (C=O) groups is 1. The van der Waals surface area contributed by atoms with Crippen molar-refractivity contribution in [2.24, 2.45) is 0 Å². The molecule has 0 aromatic heterocycles. The van der Waals surface area contributed by atoms with Crippen LogP contribution in [0.1, 0.15) is 58.8 Å². The summed E-state index contributed by atoms with van der Waals surface area (Å²) in [7, 11) is 1.63. The molecule has 0 saturated carbocycles. The molecule has 0 aliphatic carbocycles. The lowest BCUT2D eigenvalue weighted by molar-refractivity contribution is -0.122. The predicted octanol–water partition coefficient (Wildman–Crippen LogP) is 2.48. The van der Waals surface area contributed by atoms with Gasteiger partial charge in [-0.3, -0.25) is 4.79 Å².